The number of rotatable bonds is 3. The Morgan fingerprint density at radius 3 is 2.40 bits per heavy atom. The third-order valence-electron chi connectivity index (χ3n) is 4.84. The summed E-state index contributed by atoms with van der Waals surface area (Å²) < 4.78 is 28.9. The number of piperidine rings is 1. The van der Waals surface area contributed by atoms with Gasteiger partial charge in [0.15, 0.2) is 0 Å². The van der Waals surface area contributed by atoms with Gasteiger partial charge in [0.05, 0.1) is 10.4 Å². The molecule has 6 nitrogen and oxygen atoms in total. The Hall–Kier alpha value is -1.51. The van der Waals surface area contributed by atoms with Crippen LogP contribution in [0.1, 0.15) is 36.3 Å². The predicted octanol–water partition coefficient (Wildman–Crippen LogP) is 3.01. The number of carboxylic acid groups (broad SMARTS) is 1. The van der Waals surface area contributed by atoms with Crippen molar-refractivity contribution in [1.29, 1.82) is 0 Å². The zero-order valence-electron chi connectivity index (χ0n) is 14.4. The Balaban J connectivity index is 2.10. The average Bonchev–Trinajstić information content (AvgIpc) is 2.77. The van der Waals surface area contributed by atoms with Gasteiger partial charge in [0.1, 0.15) is 5.69 Å². The number of benzene rings is 1. The molecule has 0 radical (unpaired) electrons. The van der Waals surface area contributed by atoms with Crippen molar-refractivity contribution in [3.63, 3.8) is 0 Å². The van der Waals surface area contributed by atoms with Crippen LogP contribution < -0.4 is 0 Å². The lowest BCUT2D eigenvalue weighted by atomic mass is 9.94. The van der Waals surface area contributed by atoms with Crippen molar-refractivity contribution in [2.24, 2.45) is 11.8 Å². The van der Waals surface area contributed by atoms with Crippen molar-refractivity contribution in [2.75, 3.05) is 13.1 Å². The summed E-state index contributed by atoms with van der Waals surface area (Å²) in [5, 5.41) is 9.93. The first-order valence-electron chi connectivity index (χ1n) is 8.20. The Morgan fingerprint density at radius 1 is 1.24 bits per heavy atom. The molecule has 0 amide bonds. The lowest BCUT2D eigenvalue weighted by molar-refractivity contribution is 0.0689. The van der Waals surface area contributed by atoms with Crippen LogP contribution in [0.25, 0.3) is 10.9 Å². The summed E-state index contributed by atoms with van der Waals surface area (Å²) in [6, 6.07) is 4.70. The lowest BCUT2D eigenvalue weighted by Gasteiger charge is -2.34. The summed E-state index contributed by atoms with van der Waals surface area (Å²) in [5.41, 5.74) is 1.14. The van der Waals surface area contributed by atoms with Crippen LogP contribution in [0.3, 0.4) is 0 Å². The molecule has 1 aromatic heterocycles. The highest BCUT2D eigenvalue weighted by Gasteiger charge is 2.32. The number of aromatic nitrogens is 1. The summed E-state index contributed by atoms with van der Waals surface area (Å²) in [4.78, 5) is 11.6. The van der Waals surface area contributed by atoms with Crippen molar-refractivity contribution in [2.45, 2.75) is 32.1 Å². The highest BCUT2D eigenvalue weighted by molar-refractivity contribution is 7.89. The van der Waals surface area contributed by atoms with E-state index >= 15 is 0 Å². The van der Waals surface area contributed by atoms with Gasteiger partial charge in [0.25, 0.3) is 0 Å². The van der Waals surface area contributed by atoms with Gasteiger partial charge in [0.2, 0.25) is 10.0 Å². The standard InChI is InChI=1S/C17H22N2O4S2/c1-10-6-11(2)9-18(8-10)25(22,23)13-4-5-15-14(7-13)12(3)16(17(20)21)19(15)24/h4-5,7,10-11,24H,6,8-9H2,1-3H3,(H,20,21). The minimum atomic E-state index is -3.61. The number of sulfonamides is 1. The molecule has 25 heavy (non-hydrogen) atoms. The van der Waals surface area contributed by atoms with Gasteiger partial charge in [-0.05, 0) is 48.9 Å². The maximum absolute atomic E-state index is 13.0. The maximum Gasteiger partial charge on any atom is 0.353 e. The van der Waals surface area contributed by atoms with Gasteiger partial charge in [-0.3, -0.25) is 3.97 Å². The number of thiol groups is 1. The molecule has 0 saturated carbocycles. The van der Waals surface area contributed by atoms with E-state index < -0.39 is 16.0 Å². The molecule has 1 N–H and O–H groups in total. The second-order valence-corrected chi connectivity index (χ2v) is 9.38. The number of aromatic carboxylic acids is 1. The van der Waals surface area contributed by atoms with Gasteiger partial charge >= 0.3 is 5.97 Å². The van der Waals surface area contributed by atoms with E-state index in [1.807, 2.05) is 0 Å². The van der Waals surface area contributed by atoms with Crippen LogP contribution in [0, 0.1) is 18.8 Å². The lowest BCUT2D eigenvalue weighted by Crippen LogP contribution is -2.42. The van der Waals surface area contributed by atoms with Gasteiger partial charge < -0.3 is 5.11 Å². The fourth-order valence-corrected chi connectivity index (χ4v) is 5.89. The molecule has 1 aliphatic heterocycles. The van der Waals surface area contributed by atoms with Crippen LogP contribution in [-0.4, -0.2) is 40.9 Å². The molecule has 2 atom stereocenters. The average molecular weight is 383 g/mol. The van der Waals surface area contributed by atoms with Crippen LogP contribution in [0.4, 0.5) is 0 Å². The largest absolute Gasteiger partial charge is 0.477 e. The zero-order valence-corrected chi connectivity index (χ0v) is 16.1. The number of hydrogen-bond acceptors (Lipinski definition) is 4. The fourth-order valence-electron chi connectivity index (χ4n) is 3.77. The molecule has 0 spiro atoms. The van der Waals surface area contributed by atoms with Crippen molar-refractivity contribution in [3.05, 3.63) is 29.5 Å². The number of carbonyl (C=O) groups is 1. The molecule has 3 rings (SSSR count). The van der Waals surface area contributed by atoms with E-state index in [4.69, 9.17) is 0 Å². The number of aryl methyl sites for hydroxylation is 1. The smallest absolute Gasteiger partial charge is 0.353 e. The van der Waals surface area contributed by atoms with E-state index in [1.54, 1.807) is 19.1 Å². The fraction of sp³-hybridized carbons (Fsp3) is 0.471. The van der Waals surface area contributed by atoms with Crippen molar-refractivity contribution >= 4 is 39.7 Å². The molecule has 1 aromatic carbocycles. The van der Waals surface area contributed by atoms with Crippen LogP contribution >= 0.6 is 12.8 Å². The number of fused-ring (bicyclic) bond motifs is 1. The normalized spacial score (nSPS) is 22.4. The number of nitrogens with zero attached hydrogens (tertiary/aromatic N) is 2. The highest BCUT2D eigenvalue weighted by Crippen LogP contribution is 2.31. The zero-order chi connectivity index (χ0) is 18.5. The van der Waals surface area contributed by atoms with Crippen LogP contribution in [0.15, 0.2) is 23.1 Å². The quantitative estimate of drug-likeness (QED) is 0.800. The van der Waals surface area contributed by atoms with E-state index in [1.165, 1.54) is 14.3 Å². The topological polar surface area (TPSA) is 79.6 Å². The van der Waals surface area contributed by atoms with Crippen LogP contribution in [0.5, 0.6) is 0 Å². The van der Waals surface area contributed by atoms with E-state index in [0.29, 0.717) is 41.4 Å². The van der Waals surface area contributed by atoms with E-state index in [-0.39, 0.29) is 10.6 Å². The van der Waals surface area contributed by atoms with E-state index in [9.17, 15) is 18.3 Å². The second kappa shape index (κ2) is 6.34. The summed E-state index contributed by atoms with van der Waals surface area (Å²) in [6.45, 7) is 6.81. The molecule has 1 fully saturated rings. The Bertz CT molecular complexity index is 939. The number of hydrogen-bond donors (Lipinski definition) is 2. The molecule has 0 bridgehead atoms. The van der Waals surface area contributed by atoms with E-state index in [2.05, 4.69) is 26.7 Å². The molecule has 1 saturated heterocycles. The Kier molecular flexibility index (Phi) is 4.63. The van der Waals surface area contributed by atoms with Gasteiger partial charge in [-0.1, -0.05) is 26.7 Å². The molecule has 8 heteroatoms. The van der Waals surface area contributed by atoms with E-state index in [0.717, 1.165) is 6.42 Å². The van der Waals surface area contributed by atoms with Crippen molar-refractivity contribution in [1.82, 2.24) is 8.28 Å². The predicted molar refractivity (Wildman–Crippen MR) is 99.7 cm³/mol. The maximum atomic E-state index is 13.0. The van der Waals surface area contributed by atoms with Crippen molar-refractivity contribution in [3.8, 4) is 0 Å². The minimum Gasteiger partial charge on any atom is -0.477 e. The molecule has 1 aliphatic rings. The minimum absolute atomic E-state index is 0.0492. The van der Waals surface area contributed by atoms with Gasteiger partial charge in [-0.25, -0.2) is 13.2 Å². The molecule has 2 unspecified atom stereocenters. The molecular formula is C17H22N2O4S2. The van der Waals surface area contributed by atoms with Gasteiger partial charge in [-0.15, -0.1) is 0 Å². The summed E-state index contributed by atoms with van der Waals surface area (Å²) in [5.74, 6) is -0.450. The first-order chi connectivity index (χ1) is 11.6. The monoisotopic (exact) mass is 382 g/mol. The Morgan fingerprint density at radius 2 is 1.84 bits per heavy atom. The molecule has 136 valence electrons. The van der Waals surface area contributed by atoms with Gasteiger partial charge in [0, 0.05) is 18.5 Å². The summed E-state index contributed by atoms with van der Waals surface area (Å²) in [7, 11) is -3.61. The Labute approximate surface area is 153 Å². The molecule has 2 aromatic rings. The van der Waals surface area contributed by atoms with Crippen LogP contribution in [0.2, 0.25) is 0 Å². The highest BCUT2D eigenvalue weighted by atomic mass is 32.2. The second-order valence-electron chi connectivity index (χ2n) is 7.04. The third kappa shape index (κ3) is 3.07. The summed E-state index contributed by atoms with van der Waals surface area (Å²) in [6.07, 6.45) is 1.02. The molecular weight excluding hydrogens is 360 g/mol. The first kappa shape index (κ1) is 18.3. The first-order valence-corrected chi connectivity index (χ1v) is 10.0. The van der Waals surface area contributed by atoms with Crippen molar-refractivity contribution < 1.29 is 18.3 Å². The molecule has 0 aliphatic carbocycles. The summed E-state index contributed by atoms with van der Waals surface area (Å²) >= 11 is 4.23. The third-order valence-corrected chi connectivity index (χ3v) is 7.09. The van der Waals surface area contributed by atoms with Crippen LogP contribution in [-0.2, 0) is 10.0 Å². The SMILES string of the molecule is Cc1c(C(=O)O)n(S)c2ccc(S(=O)(=O)N3CC(C)CC(C)C3)cc12. The molecule has 2 heterocycles. The number of carboxylic acids is 1. The van der Waals surface area contributed by atoms with Gasteiger partial charge in [-0.2, -0.15) is 4.31 Å².